The van der Waals surface area contributed by atoms with Gasteiger partial charge in [-0.15, -0.1) is 0 Å². The number of aliphatic hydroxyl groups excluding tert-OH is 1. The molecule has 552 valence electrons. The highest BCUT2D eigenvalue weighted by molar-refractivity contribution is 7.47. The highest BCUT2D eigenvalue weighted by atomic mass is 31.2. The zero-order valence-electron chi connectivity index (χ0n) is 60.6. The molecule has 0 rings (SSSR count). The summed E-state index contributed by atoms with van der Waals surface area (Å²) in [5, 5.41) is 10.6. The third kappa shape index (κ3) is 68.4. The zero-order valence-corrected chi connectivity index (χ0v) is 62.3. The molecule has 0 bridgehead atoms. The van der Waals surface area contributed by atoms with Gasteiger partial charge in [0.1, 0.15) is 19.3 Å². The molecule has 0 amide bonds. The number of hydrogen-bond acceptors (Lipinski definition) is 15. The third-order valence-electron chi connectivity index (χ3n) is 17.2. The van der Waals surface area contributed by atoms with Crippen LogP contribution in [0.15, 0.2) is 0 Å². The van der Waals surface area contributed by atoms with Crippen LogP contribution in [0.5, 0.6) is 0 Å². The van der Waals surface area contributed by atoms with Crippen LogP contribution in [0.2, 0.25) is 0 Å². The number of unbranched alkanes of at least 4 members (excludes halogenated alkanes) is 43. The van der Waals surface area contributed by atoms with Crippen LogP contribution < -0.4 is 0 Å². The highest BCUT2D eigenvalue weighted by Gasteiger charge is 2.30. The van der Waals surface area contributed by atoms with Crippen molar-refractivity contribution in [1.82, 2.24) is 0 Å². The monoisotopic (exact) mass is 1370 g/mol. The Morgan fingerprint density at radius 1 is 0.290 bits per heavy atom. The molecule has 0 fully saturated rings. The number of rotatable bonds is 73. The van der Waals surface area contributed by atoms with E-state index in [9.17, 15) is 43.2 Å². The molecule has 93 heavy (non-hydrogen) atoms. The van der Waals surface area contributed by atoms with Gasteiger partial charge in [0.2, 0.25) is 0 Å². The number of phosphoric ester groups is 2. The number of ether oxygens (including phenoxy) is 4. The summed E-state index contributed by atoms with van der Waals surface area (Å²) in [5.74, 6) is -0.578. The number of hydrogen-bond donors (Lipinski definition) is 3. The molecule has 0 saturated heterocycles. The Morgan fingerprint density at radius 2 is 0.495 bits per heavy atom. The van der Waals surface area contributed by atoms with E-state index >= 15 is 0 Å². The van der Waals surface area contributed by atoms with Crippen molar-refractivity contribution < 1.29 is 80.2 Å². The first-order valence-electron chi connectivity index (χ1n) is 38.5. The van der Waals surface area contributed by atoms with Crippen molar-refractivity contribution in [2.75, 3.05) is 39.6 Å². The highest BCUT2D eigenvalue weighted by Crippen LogP contribution is 2.45. The average molecular weight is 1370 g/mol. The summed E-state index contributed by atoms with van der Waals surface area (Å²) in [6.45, 7) is 9.58. The molecular weight excluding hydrogens is 1220 g/mol. The molecule has 17 nitrogen and oxygen atoms in total. The van der Waals surface area contributed by atoms with Crippen LogP contribution in [0.4, 0.5) is 0 Å². The third-order valence-corrected chi connectivity index (χ3v) is 19.1. The first-order chi connectivity index (χ1) is 44.9. The van der Waals surface area contributed by atoms with Crippen LogP contribution >= 0.6 is 15.6 Å². The molecule has 0 aromatic heterocycles. The van der Waals surface area contributed by atoms with Gasteiger partial charge in [-0.05, 0) is 37.5 Å². The summed E-state index contributed by atoms with van der Waals surface area (Å²) in [4.78, 5) is 72.7. The maximum Gasteiger partial charge on any atom is 0.472 e. The van der Waals surface area contributed by atoms with E-state index in [0.29, 0.717) is 25.7 Å². The normalized spacial score (nSPS) is 14.1. The van der Waals surface area contributed by atoms with E-state index in [1.54, 1.807) is 0 Å². The number of esters is 4. The van der Waals surface area contributed by atoms with Crippen molar-refractivity contribution in [2.24, 2.45) is 11.8 Å². The van der Waals surface area contributed by atoms with E-state index in [2.05, 4.69) is 41.5 Å². The Hall–Kier alpha value is -1.94. The lowest BCUT2D eigenvalue weighted by molar-refractivity contribution is -0.161. The second kappa shape index (κ2) is 66.0. The molecule has 0 heterocycles. The lowest BCUT2D eigenvalue weighted by Gasteiger charge is -2.21. The topological polar surface area (TPSA) is 237 Å². The minimum absolute atomic E-state index is 0.106. The van der Waals surface area contributed by atoms with Gasteiger partial charge in [0, 0.05) is 25.7 Å². The standard InChI is InChI=1S/C74H144O17P2/c1-7-9-11-13-15-17-19-23-27-33-39-45-51-57-72(77)85-63-69(90-73(78)58-52-46-40-34-28-25-22-20-21-24-26-30-36-42-48-54-66(3)4)64-88-92(80,81)86-60-68(75)61-87-93(82,83)89-65-70(62-84-71(76)56-50-44-38-32-18-16-14-12-10-8-2)91-74(79)59-53-47-41-35-29-31-37-43-49-55-67(5)6/h66-70,75H,7-65H2,1-6H3,(H,80,81)(H,82,83)/t68-,69-,70-/m1/s1. The molecule has 0 aromatic carbocycles. The van der Waals surface area contributed by atoms with Crippen LogP contribution in [0, 0.1) is 11.8 Å². The number of carbonyl (C=O) groups is 4. The van der Waals surface area contributed by atoms with Crippen molar-refractivity contribution in [1.29, 1.82) is 0 Å². The van der Waals surface area contributed by atoms with Crippen LogP contribution in [-0.4, -0.2) is 96.7 Å². The minimum Gasteiger partial charge on any atom is -0.462 e. The fourth-order valence-corrected chi connectivity index (χ4v) is 12.9. The van der Waals surface area contributed by atoms with Gasteiger partial charge in [0.25, 0.3) is 0 Å². The summed E-state index contributed by atoms with van der Waals surface area (Å²) < 4.78 is 68.4. The molecule has 0 aromatic rings. The molecule has 3 N–H and O–H groups in total. The van der Waals surface area contributed by atoms with E-state index < -0.39 is 97.5 Å². The van der Waals surface area contributed by atoms with Crippen molar-refractivity contribution in [3.8, 4) is 0 Å². The first kappa shape index (κ1) is 91.1. The predicted molar refractivity (Wildman–Crippen MR) is 377 cm³/mol. The Balaban J connectivity index is 5.23. The summed E-state index contributed by atoms with van der Waals surface area (Å²) in [5.41, 5.74) is 0. The largest absolute Gasteiger partial charge is 0.472 e. The van der Waals surface area contributed by atoms with Crippen molar-refractivity contribution >= 4 is 39.5 Å². The fourth-order valence-electron chi connectivity index (χ4n) is 11.3. The Labute approximate surface area is 568 Å². The quantitative estimate of drug-likeness (QED) is 0.0222. The van der Waals surface area contributed by atoms with E-state index in [-0.39, 0.29) is 25.7 Å². The van der Waals surface area contributed by atoms with E-state index in [0.717, 1.165) is 102 Å². The minimum atomic E-state index is -4.95. The van der Waals surface area contributed by atoms with Gasteiger partial charge in [0.15, 0.2) is 12.2 Å². The molecular formula is C74H144O17P2. The molecule has 0 radical (unpaired) electrons. The Kier molecular flexibility index (Phi) is 64.6. The second-order valence-electron chi connectivity index (χ2n) is 27.6. The van der Waals surface area contributed by atoms with Crippen LogP contribution in [-0.2, 0) is 65.4 Å². The number of aliphatic hydroxyl groups is 1. The molecule has 0 aliphatic heterocycles. The fraction of sp³-hybridized carbons (Fsp3) is 0.946. The van der Waals surface area contributed by atoms with Crippen LogP contribution in [0.25, 0.3) is 0 Å². The average Bonchev–Trinajstić information content (AvgIpc) is 2.04. The van der Waals surface area contributed by atoms with Gasteiger partial charge in [-0.1, -0.05) is 330 Å². The van der Waals surface area contributed by atoms with Crippen molar-refractivity contribution in [3.63, 3.8) is 0 Å². The van der Waals surface area contributed by atoms with Gasteiger partial charge in [-0.2, -0.15) is 0 Å². The maximum atomic E-state index is 13.1. The molecule has 0 aliphatic rings. The van der Waals surface area contributed by atoms with Crippen LogP contribution in [0.1, 0.15) is 382 Å². The SMILES string of the molecule is CCCCCCCCCCCCCCCC(=O)OC[C@H](COP(=O)(O)OC[C@@H](O)COP(=O)(O)OC[C@@H](COC(=O)CCCCCCCCCCCC)OC(=O)CCCCCCCCCCCC(C)C)OC(=O)CCCCCCCCCCCCCCCCCC(C)C. The van der Waals surface area contributed by atoms with Gasteiger partial charge >= 0.3 is 39.5 Å². The number of carbonyl (C=O) groups excluding carboxylic acids is 4. The lowest BCUT2D eigenvalue weighted by Crippen LogP contribution is -2.30. The molecule has 0 aliphatic carbocycles. The number of phosphoric acid groups is 2. The van der Waals surface area contributed by atoms with Crippen molar-refractivity contribution in [2.45, 2.75) is 400 Å². The molecule has 19 heteroatoms. The summed E-state index contributed by atoms with van der Waals surface area (Å²) >= 11 is 0. The van der Waals surface area contributed by atoms with E-state index in [1.165, 1.54) is 199 Å². The maximum absolute atomic E-state index is 13.1. The Morgan fingerprint density at radius 3 is 0.731 bits per heavy atom. The summed E-state index contributed by atoms with van der Waals surface area (Å²) in [6.07, 6.45) is 52.6. The first-order valence-corrected chi connectivity index (χ1v) is 41.5. The lowest BCUT2D eigenvalue weighted by atomic mass is 10.0. The van der Waals surface area contributed by atoms with E-state index in [4.69, 9.17) is 37.0 Å². The van der Waals surface area contributed by atoms with Gasteiger partial charge < -0.3 is 33.8 Å². The predicted octanol–water partition coefficient (Wildman–Crippen LogP) is 21.6. The summed E-state index contributed by atoms with van der Waals surface area (Å²) in [7, 11) is -9.91. The molecule has 2 unspecified atom stereocenters. The van der Waals surface area contributed by atoms with E-state index in [1.807, 2.05) is 0 Å². The molecule has 5 atom stereocenters. The smallest absolute Gasteiger partial charge is 0.462 e. The van der Waals surface area contributed by atoms with Gasteiger partial charge in [0.05, 0.1) is 26.4 Å². The van der Waals surface area contributed by atoms with Gasteiger partial charge in [-0.25, -0.2) is 9.13 Å². The Bertz CT molecular complexity index is 1800. The summed E-state index contributed by atoms with van der Waals surface area (Å²) in [6, 6.07) is 0. The van der Waals surface area contributed by atoms with Gasteiger partial charge in [-0.3, -0.25) is 37.3 Å². The van der Waals surface area contributed by atoms with Crippen LogP contribution in [0.3, 0.4) is 0 Å². The zero-order chi connectivity index (χ0) is 68.6. The second-order valence-corrected chi connectivity index (χ2v) is 30.5. The van der Waals surface area contributed by atoms with Crippen molar-refractivity contribution in [3.05, 3.63) is 0 Å². The molecule has 0 saturated carbocycles. The molecule has 0 spiro atoms.